The molecule has 0 bridgehead atoms. The van der Waals surface area contributed by atoms with Gasteiger partial charge in [0.25, 0.3) is 5.91 Å². The molecular weight excluding hydrogens is 336 g/mol. The summed E-state index contributed by atoms with van der Waals surface area (Å²) in [6.45, 7) is 10.3. The number of aromatic nitrogens is 1. The highest BCUT2D eigenvalue weighted by atomic mass is 16.5. The third-order valence-corrected chi connectivity index (χ3v) is 4.75. The Hall–Kier alpha value is -2.88. The maximum Gasteiger partial charge on any atom is 0.257 e. The van der Waals surface area contributed by atoms with Gasteiger partial charge in [0.15, 0.2) is 5.76 Å². The molecule has 2 aromatic carbocycles. The average molecular weight is 362 g/mol. The highest BCUT2D eigenvalue weighted by Gasteiger charge is 2.23. The van der Waals surface area contributed by atoms with E-state index < -0.39 is 0 Å². The Bertz CT molecular complexity index is 919. The number of hydrogen-bond donors (Lipinski definition) is 1. The molecule has 0 aliphatic heterocycles. The first-order chi connectivity index (χ1) is 12.8. The van der Waals surface area contributed by atoms with Gasteiger partial charge in [-0.25, -0.2) is 0 Å². The lowest BCUT2D eigenvalue weighted by Crippen LogP contribution is -2.27. The predicted molar refractivity (Wildman–Crippen MR) is 108 cm³/mol. The molecule has 140 valence electrons. The number of benzene rings is 2. The van der Waals surface area contributed by atoms with E-state index in [9.17, 15) is 4.79 Å². The fourth-order valence-electron chi connectivity index (χ4n) is 3.05. The van der Waals surface area contributed by atoms with Gasteiger partial charge in [-0.05, 0) is 30.4 Å². The molecule has 1 N–H and O–H groups in total. The molecule has 0 saturated carbocycles. The van der Waals surface area contributed by atoms with E-state index in [1.807, 2.05) is 49.4 Å². The summed E-state index contributed by atoms with van der Waals surface area (Å²) < 4.78 is 5.50. The molecule has 3 aromatic rings. The predicted octanol–water partition coefficient (Wildman–Crippen LogP) is 5.44. The number of carbonyl (C=O) groups is 1. The van der Waals surface area contributed by atoms with Crippen LogP contribution >= 0.6 is 0 Å². The van der Waals surface area contributed by atoms with Crippen molar-refractivity contribution in [1.29, 1.82) is 0 Å². The zero-order chi connectivity index (χ0) is 19.6. The molecule has 0 aliphatic carbocycles. The van der Waals surface area contributed by atoms with E-state index in [0.717, 1.165) is 11.1 Å². The first-order valence-electron chi connectivity index (χ1n) is 9.20. The molecule has 0 radical (unpaired) electrons. The lowest BCUT2D eigenvalue weighted by atomic mass is 9.86. The molecule has 4 nitrogen and oxygen atoms in total. The van der Waals surface area contributed by atoms with E-state index in [0.29, 0.717) is 17.0 Å². The molecule has 4 heteroatoms. The van der Waals surface area contributed by atoms with Gasteiger partial charge in [0.05, 0.1) is 11.7 Å². The van der Waals surface area contributed by atoms with Crippen molar-refractivity contribution < 1.29 is 9.32 Å². The van der Waals surface area contributed by atoms with Crippen LogP contribution in [0.2, 0.25) is 0 Å². The Labute approximate surface area is 160 Å². The van der Waals surface area contributed by atoms with Gasteiger partial charge in [-0.15, -0.1) is 0 Å². The monoisotopic (exact) mass is 362 g/mol. The highest BCUT2D eigenvalue weighted by molar-refractivity contribution is 6.00. The third-order valence-electron chi connectivity index (χ3n) is 4.75. The van der Waals surface area contributed by atoms with E-state index in [4.69, 9.17) is 4.52 Å². The van der Waals surface area contributed by atoms with Crippen LogP contribution in [0.5, 0.6) is 0 Å². The Balaban J connectivity index is 1.87. The van der Waals surface area contributed by atoms with Crippen LogP contribution in [0.15, 0.2) is 59.1 Å². The number of rotatable bonds is 4. The van der Waals surface area contributed by atoms with Crippen LogP contribution < -0.4 is 5.32 Å². The molecule has 0 spiro atoms. The van der Waals surface area contributed by atoms with Gasteiger partial charge in [0.1, 0.15) is 5.56 Å². The summed E-state index contributed by atoms with van der Waals surface area (Å²) in [5.41, 5.74) is 4.27. The number of hydrogen-bond acceptors (Lipinski definition) is 3. The quantitative estimate of drug-likeness (QED) is 0.672. The van der Waals surface area contributed by atoms with E-state index in [2.05, 4.69) is 43.4 Å². The Morgan fingerprint density at radius 1 is 1.04 bits per heavy atom. The van der Waals surface area contributed by atoms with Gasteiger partial charge in [-0.2, -0.15) is 0 Å². The molecule has 1 heterocycles. The van der Waals surface area contributed by atoms with E-state index in [-0.39, 0.29) is 17.4 Å². The third kappa shape index (κ3) is 4.11. The van der Waals surface area contributed by atoms with Gasteiger partial charge in [0.2, 0.25) is 0 Å². The van der Waals surface area contributed by atoms with Crippen molar-refractivity contribution in [3.8, 4) is 11.3 Å². The Kier molecular flexibility index (Phi) is 5.17. The standard InChI is InChI=1S/C23H26N2O2/c1-15(17-9-7-6-8-10-17)24-22(26)20-16(2)25-27-21(20)18-11-13-19(14-12-18)23(3,4)5/h6-15H,1-5H3,(H,24,26). The molecule has 3 rings (SSSR count). The molecule has 27 heavy (non-hydrogen) atoms. The summed E-state index contributed by atoms with van der Waals surface area (Å²) >= 11 is 0. The first kappa shape index (κ1) is 18.9. The van der Waals surface area contributed by atoms with Gasteiger partial charge < -0.3 is 9.84 Å². The largest absolute Gasteiger partial charge is 0.355 e. The molecule has 0 fully saturated rings. The maximum absolute atomic E-state index is 12.9. The van der Waals surface area contributed by atoms with Crippen molar-refractivity contribution in [2.75, 3.05) is 0 Å². The number of amides is 1. The molecule has 0 aliphatic rings. The van der Waals surface area contributed by atoms with Crippen LogP contribution in [0, 0.1) is 6.92 Å². The van der Waals surface area contributed by atoms with Crippen LogP contribution in [-0.2, 0) is 5.41 Å². The summed E-state index contributed by atoms with van der Waals surface area (Å²) in [6.07, 6.45) is 0. The lowest BCUT2D eigenvalue weighted by Gasteiger charge is -2.19. The number of nitrogens with zero attached hydrogens (tertiary/aromatic N) is 1. The Morgan fingerprint density at radius 3 is 2.26 bits per heavy atom. The second-order valence-corrected chi connectivity index (χ2v) is 7.91. The molecule has 1 amide bonds. The average Bonchev–Trinajstić information content (AvgIpc) is 3.03. The van der Waals surface area contributed by atoms with Crippen molar-refractivity contribution >= 4 is 5.91 Å². The minimum Gasteiger partial charge on any atom is -0.355 e. The lowest BCUT2D eigenvalue weighted by molar-refractivity contribution is 0.0939. The normalized spacial score (nSPS) is 12.6. The summed E-state index contributed by atoms with van der Waals surface area (Å²) in [5.74, 6) is 0.325. The van der Waals surface area contributed by atoms with Crippen LogP contribution in [0.3, 0.4) is 0 Å². The summed E-state index contributed by atoms with van der Waals surface area (Å²) in [4.78, 5) is 12.9. The zero-order valence-corrected chi connectivity index (χ0v) is 16.5. The van der Waals surface area contributed by atoms with Gasteiger partial charge >= 0.3 is 0 Å². The molecular formula is C23H26N2O2. The van der Waals surface area contributed by atoms with Gasteiger partial charge in [-0.3, -0.25) is 4.79 Å². The zero-order valence-electron chi connectivity index (χ0n) is 16.5. The second-order valence-electron chi connectivity index (χ2n) is 7.91. The maximum atomic E-state index is 12.9. The fraction of sp³-hybridized carbons (Fsp3) is 0.304. The summed E-state index contributed by atoms with van der Waals surface area (Å²) in [7, 11) is 0. The highest BCUT2D eigenvalue weighted by Crippen LogP contribution is 2.30. The summed E-state index contributed by atoms with van der Waals surface area (Å²) in [6, 6.07) is 17.9. The van der Waals surface area contributed by atoms with Gasteiger partial charge in [-0.1, -0.05) is 80.5 Å². The fourth-order valence-corrected chi connectivity index (χ4v) is 3.05. The van der Waals surface area contributed by atoms with Crippen molar-refractivity contribution in [2.45, 2.75) is 46.1 Å². The van der Waals surface area contributed by atoms with Crippen LogP contribution in [-0.4, -0.2) is 11.1 Å². The molecule has 1 atom stereocenters. The van der Waals surface area contributed by atoms with Crippen LogP contribution in [0.1, 0.15) is 60.9 Å². The molecule has 1 aromatic heterocycles. The number of nitrogens with one attached hydrogen (secondary N) is 1. The first-order valence-corrected chi connectivity index (χ1v) is 9.20. The topological polar surface area (TPSA) is 55.1 Å². The number of aryl methyl sites for hydroxylation is 1. The Morgan fingerprint density at radius 2 is 1.67 bits per heavy atom. The SMILES string of the molecule is Cc1noc(-c2ccc(C(C)(C)C)cc2)c1C(=O)NC(C)c1ccccc1. The van der Waals surface area contributed by atoms with Crippen LogP contribution in [0.25, 0.3) is 11.3 Å². The second kappa shape index (κ2) is 7.39. The van der Waals surface area contributed by atoms with Crippen molar-refractivity contribution in [2.24, 2.45) is 0 Å². The summed E-state index contributed by atoms with van der Waals surface area (Å²) in [5, 5.41) is 7.08. The minimum atomic E-state index is -0.181. The van der Waals surface area contributed by atoms with Crippen molar-refractivity contribution in [3.63, 3.8) is 0 Å². The van der Waals surface area contributed by atoms with E-state index in [1.54, 1.807) is 6.92 Å². The van der Waals surface area contributed by atoms with E-state index >= 15 is 0 Å². The van der Waals surface area contributed by atoms with Gasteiger partial charge in [0, 0.05) is 5.56 Å². The smallest absolute Gasteiger partial charge is 0.257 e. The van der Waals surface area contributed by atoms with Crippen molar-refractivity contribution in [3.05, 3.63) is 77.0 Å². The minimum absolute atomic E-state index is 0.0706. The van der Waals surface area contributed by atoms with Crippen molar-refractivity contribution in [1.82, 2.24) is 10.5 Å². The molecule has 1 unspecified atom stereocenters. The molecule has 0 saturated heterocycles. The van der Waals surface area contributed by atoms with Crippen LogP contribution in [0.4, 0.5) is 0 Å². The van der Waals surface area contributed by atoms with E-state index in [1.165, 1.54) is 5.56 Å². The number of carbonyl (C=O) groups excluding carboxylic acids is 1.